The first kappa shape index (κ1) is 24.9. The van der Waals surface area contributed by atoms with Crippen molar-refractivity contribution in [3.63, 3.8) is 0 Å². The highest BCUT2D eigenvalue weighted by molar-refractivity contribution is 7.09. The number of carbonyl (C=O) groups is 1. The fourth-order valence-electron chi connectivity index (χ4n) is 3.95. The molecule has 0 saturated heterocycles. The number of hydrogen-bond donors (Lipinski definition) is 1. The first-order chi connectivity index (χ1) is 16.7. The summed E-state index contributed by atoms with van der Waals surface area (Å²) in [6, 6.07) is 12.6. The summed E-state index contributed by atoms with van der Waals surface area (Å²) in [5.74, 6) is -1.16. The maximum Gasteiger partial charge on any atom is 0.416 e. The van der Waals surface area contributed by atoms with E-state index in [4.69, 9.17) is 4.74 Å². The maximum atomic E-state index is 12.8. The molecule has 1 aromatic heterocycles. The predicted molar refractivity (Wildman–Crippen MR) is 129 cm³/mol. The number of aromatic nitrogens is 1. The molecule has 1 N–H and O–H groups in total. The van der Waals surface area contributed by atoms with E-state index in [1.165, 1.54) is 23.5 Å². The first-order valence-electron chi connectivity index (χ1n) is 11.1. The van der Waals surface area contributed by atoms with Crippen LogP contribution in [0.4, 0.5) is 13.2 Å². The molecule has 0 fully saturated rings. The molecule has 1 heterocycles. The molecule has 0 saturated carbocycles. The van der Waals surface area contributed by atoms with E-state index in [1.807, 2.05) is 54.8 Å². The predicted octanol–water partition coefficient (Wildman–Crippen LogP) is 7.17. The Balaban J connectivity index is 1.38. The Bertz CT molecular complexity index is 1250. The van der Waals surface area contributed by atoms with Crippen LogP contribution >= 0.6 is 11.3 Å². The van der Waals surface area contributed by atoms with Crippen molar-refractivity contribution in [2.45, 2.75) is 44.6 Å². The number of ether oxygens (including phenoxy) is 1. The van der Waals surface area contributed by atoms with Gasteiger partial charge in [-0.2, -0.15) is 13.2 Å². The van der Waals surface area contributed by atoms with Gasteiger partial charge in [0.05, 0.1) is 24.7 Å². The Morgan fingerprint density at radius 1 is 1.20 bits per heavy atom. The lowest BCUT2D eigenvalue weighted by Gasteiger charge is -2.21. The van der Waals surface area contributed by atoms with E-state index in [9.17, 15) is 23.1 Å². The van der Waals surface area contributed by atoms with Crippen molar-refractivity contribution in [3.05, 3.63) is 99.5 Å². The van der Waals surface area contributed by atoms with Crippen LogP contribution in [0.5, 0.6) is 0 Å². The van der Waals surface area contributed by atoms with Gasteiger partial charge in [-0.3, -0.25) is 4.79 Å². The molecule has 4 rings (SSSR count). The van der Waals surface area contributed by atoms with Gasteiger partial charge < -0.3 is 9.84 Å². The zero-order chi connectivity index (χ0) is 25.0. The van der Waals surface area contributed by atoms with Crippen LogP contribution in [0.25, 0.3) is 11.1 Å². The number of aliphatic carboxylic acids is 1. The Morgan fingerprint density at radius 3 is 2.57 bits per heavy atom. The molecule has 0 aliphatic heterocycles. The van der Waals surface area contributed by atoms with Crippen molar-refractivity contribution >= 4 is 17.3 Å². The molecule has 1 aliphatic rings. The summed E-state index contributed by atoms with van der Waals surface area (Å²) in [7, 11) is 0. The Labute approximate surface area is 205 Å². The fraction of sp³-hybridized carbons (Fsp3) is 0.259. The van der Waals surface area contributed by atoms with Gasteiger partial charge in [0.1, 0.15) is 5.01 Å². The normalized spacial score (nSPS) is 16.7. The van der Waals surface area contributed by atoms with Gasteiger partial charge in [-0.15, -0.1) is 11.3 Å². The average molecular weight is 500 g/mol. The quantitative estimate of drug-likeness (QED) is 0.357. The van der Waals surface area contributed by atoms with Crippen molar-refractivity contribution in [1.29, 1.82) is 0 Å². The fourth-order valence-corrected chi connectivity index (χ4v) is 4.87. The molecule has 0 radical (unpaired) electrons. The minimum Gasteiger partial charge on any atom is -0.481 e. The Hall–Kier alpha value is -3.23. The number of carboxylic acid groups (broad SMARTS) is 1. The molecule has 182 valence electrons. The van der Waals surface area contributed by atoms with Crippen molar-refractivity contribution in [2.75, 3.05) is 0 Å². The second-order valence-electron chi connectivity index (χ2n) is 8.40. The lowest BCUT2D eigenvalue weighted by atomic mass is 9.91. The van der Waals surface area contributed by atoms with E-state index in [1.54, 1.807) is 0 Å². The SMILES string of the molecule is Cc1csc(C(CC(=O)O)C2=CCC(OCc3cccc(-c4ccc(C(F)(F)F)cc4)c3)C=C2)n1. The molecule has 4 nitrogen and oxygen atoms in total. The molecule has 0 amide bonds. The third-order valence-electron chi connectivity index (χ3n) is 5.74. The highest BCUT2D eigenvalue weighted by atomic mass is 32.1. The summed E-state index contributed by atoms with van der Waals surface area (Å²) < 4.78 is 44.5. The minimum absolute atomic E-state index is 0.0224. The summed E-state index contributed by atoms with van der Waals surface area (Å²) in [5.41, 5.74) is 3.55. The monoisotopic (exact) mass is 499 g/mol. The van der Waals surface area contributed by atoms with Gasteiger partial charge in [-0.1, -0.05) is 48.6 Å². The van der Waals surface area contributed by atoms with Gasteiger partial charge in [0.15, 0.2) is 0 Å². The molecule has 0 spiro atoms. The number of benzene rings is 2. The largest absolute Gasteiger partial charge is 0.481 e. The molecular weight excluding hydrogens is 475 g/mol. The molecule has 0 bridgehead atoms. The lowest BCUT2D eigenvalue weighted by molar-refractivity contribution is -0.138. The first-order valence-corrected chi connectivity index (χ1v) is 12.0. The van der Waals surface area contributed by atoms with Crippen molar-refractivity contribution < 1.29 is 27.8 Å². The van der Waals surface area contributed by atoms with Crippen molar-refractivity contribution in [3.8, 4) is 11.1 Å². The smallest absolute Gasteiger partial charge is 0.416 e. The molecule has 2 unspecified atom stereocenters. The summed E-state index contributed by atoms with van der Waals surface area (Å²) in [6.45, 7) is 2.23. The van der Waals surface area contributed by atoms with Crippen molar-refractivity contribution in [1.82, 2.24) is 4.98 Å². The third kappa shape index (κ3) is 6.46. The Kier molecular flexibility index (Phi) is 7.52. The second kappa shape index (κ2) is 10.6. The molecule has 2 aromatic carbocycles. The topological polar surface area (TPSA) is 59.4 Å². The van der Waals surface area contributed by atoms with E-state index in [0.717, 1.165) is 39.5 Å². The maximum absolute atomic E-state index is 12.8. The number of hydrogen-bond acceptors (Lipinski definition) is 4. The van der Waals surface area contributed by atoms with Gasteiger partial charge in [0, 0.05) is 17.0 Å². The Morgan fingerprint density at radius 2 is 1.97 bits per heavy atom. The molecule has 8 heteroatoms. The zero-order valence-corrected chi connectivity index (χ0v) is 19.8. The summed E-state index contributed by atoms with van der Waals surface area (Å²) in [6.07, 6.45) is 1.94. The molecular formula is C27H24F3NO3S. The number of aryl methyl sites for hydroxylation is 1. The van der Waals surface area contributed by atoms with Crippen LogP contribution < -0.4 is 0 Å². The third-order valence-corrected chi connectivity index (χ3v) is 6.82. The van der Waals surface area contributed by atoms with Gasteiger partial charge >= 0.3 is 12.1 Å². The van der Waals surface area contributed by atoms with E-state index < -0.39 is 17.7 Å². The van der Waals surface area contributed by atoms with Crippen LogP contribution in [0, 0.1) is 6.92 Å². The molecule has 1 aliphatic carbocycles. The number of carboxylic acids is 1. The number of nitrogens with zero attached hydrogens (tertiary/aromatic N) is 1. The van der Waals surface area contributed by atoms with Gasteiger partial charge in [-0.05, 0) is 53.8 Å². The lowest BCUT2D eigenvalue weighted by Crippen LogP contribution is -2.15. The summed E-state index contributed by atoms with van der Waals surface area (Å²) >= 11 is 1.47. The zero-order valence-electron chi connectivity index (χ0n) is 19.0. The van der Waals surface area contributed by atoms with Crippen LogP contribution in [-0.4, -0.2) is 22.2 Å². The number of allylic oxidation sites excluding steroid dienone is 2. The number of alkyl halides is 3. The van der Waals surface area contributed by atoms with Crippen molar-refractivity contribution in [2.24, 2.45) is 0 Å². The second-order valence-corrected chi connectivity index (χ2v) is 9.29. The number of halogens is 3. The van der Waals surface area contributed by atoms with E-state index in [-0.39, 0.29) is 18.4 Å². The molecule has 35 heavy (non-hydrogen) atoms. The van der Waals surface area contributed by atoms with Gasteiger partial charge in [0.2, 0.25) is 0 Å². The van der Waals surface area contributed by atoms with E-state index in [0.29, 0.717) is 18.6 Å². The van der Waals surface area contributed by atoms with Gasteiger partial charge in [-0.25, -0.2) is 4.98 Å². The van der Waals surface area contributed by atoms with E-state index in [2.05, 4.69) is 4.98 Å². The molecule has 3 aromatic rings. The van der Waals surface area contributed by atoms with E-state index >= 15 is 0 Å². The molecule has 2 atom stereocenters. The van der Waals surface area contributed by atoms with Crippen LogP contribution in [0.3, 0.4) is 0 Å². The highest BCUT2D eigenvalue weighted by Crippen LogP contribution is 2.34. The number of rotatable bonds is 8. The van der Waals surface area contributed by atoms with Crippen LogP contribution in [0.15, 0.2) is 77.7 Å². The van der Waals surface area contributed by atoms with Gasteiger partial charge in [0.25, 0.3) is 0 Å². The minimum atomic E-state index is -4.36. The standard InChI is InChI=1S/C27H24F3NO3S/c1-17-16-35-26(31-17)24(14-25(32)33)20-7-11-23(12-8-20)34-15-18-3-2-4-21(13-18)19-5-9-22(10-6-19)27(28,29)30/h2-11,13,16,23-24H,12,14-15H2,1H3,(H,32,33). The summed E-state index contributed by atoms with van der Waals surface area (Å²) in [4.78, 5) is 15.9. The highest BCUT2D eigenvalue weighted by Gasteiger charge is 2.30. The van der Waals surface area contributed by atoms with Crippen LogP contribution in [0.1, 0.15) is 40.6 Å². The average Bonchev–Trinajstić information content (AvgIpc) is 3.27. The van der Waals surface area contributed by atoms with Crippen LogP contribution in [0.2, 0.25) is 0 Å². The van der Waals surface area contributed by atoms with Crippen LogP contribution in [-0.2, 0) is 22.3 Å². The summed E-state index contributed by atoms with van der Waals surface area (Å²) in [5, 5.41) is 12.1. The number of thiazole rings is 1.